The van der Waals surface area contributed by atoms with Crippen molar-refractivity contribution in [3.8, 4) is 11.5 Å². The molecule has 2 aromatic rings. The highest BCUT2D eigenvalue weighted by atomic mass is 16.7. The molecule has 0 spiro atoms. The largest absolute Gasteiger partial charge is 0.493 e. The van der Waals surface area contributed by atoms with Gasteiger partial charge in [-0.2, -0.15) is 0 Å². The number of rotatable bonds is 7. The fourth-order valence-corrected chi connectivity index (χ4v) is 4.26. The van der Waals surface area contributed by atoms with Gasteiger partial charge in [-0.1, -0.05) is 0 Å². The number of carbonyl (C=O) groups is 1. The zero-order chi connectivity index (χ0) is 27.7. The molecule has 2 aliphatic heterocycles. The fourth-order valence-electron chi connectivity index (χ4n) is 4.26. The third-order valence-corrected chi connectivity index (χ3v) is 6.33. The minimum atomic E-state index is -1.68. The zero-order valence-corrected chi connectivity index (χ0v) is 20.7. The lowest BCUT2D eigenvalue weighted by molar-refractivity contribution is -0.319. The molecule has 2 fully saturated rings. The lowest BCUT2D eigenvalue weighted by atomic mass is 9.98. The van der Waals surface area contributed by atoms with Crippen molar-refractivity contribution in [3.63, 3.8) is 0 Å². The second-order valence-electron chi connectivity index (χ2n) is 9.03. The van der Waals surface area contributed by atoms with E-state index in [4.69, 9.17) is 32.8 Å². The molecule has 2 saturated heterocycles. The van der Waals surface area contributed by atoms with Gasteiger partial charge in [-0.05, 0) is 19.1 Å². The van der Waals surface area contributed by atoms with E-state index in [1.54, 1.807) is 0 Å². The predicted molar refractivity (Wildman–Crippen MR) is 124 cm³/mol. The maximum atomic E-state index is 11.7. The summed E-state index contributed by atoms with van der Waals surface area (Å²) in [7, 11) is 1.37. The van der Waals surface area contributed by atoms with E-state index in [1.807, 2.05) is 0 Å². The molecule has 0 unspecified atom stereocenters. The number of esters is 1. The van der Waals surface area contributed by atoms with Crippen LogP contribution in [0.15, 0.2) is 33.5 Å². The van der Waals surface area contributed by atoms with Crippen LogP contribution in [0.4, 0.5) is 0 Å². The van der Waals surface area contributed by atoms with Crippen LogP contribution in [0, 0.1) is 0 Å². The number of hydrogen-bond donors (Lipinski definition) is 5. The lowest BCUT2D eigenvalue weighted by Crippen LogP contribution is -2.62. The molecule has 38 heavy (non-hydrogen) atoms. The Labute approximate surface area is 215 Å². The summed E-state index contributed by atoms with van der Waals surface area (Å²) >= 11 is 0. The van der Waals surface area contributed by atoms with E-state index in [-0.39, 0.29) is 17.1 Å². The topological polar surface area (TPSA) is 204 Å². The average Bonchev–Trinajstić information content (AvgIpc) is 2.88. The molecule has 14 nitrogen and oxygen atoms in total. The van der Waals surface area contributed by atoms with Gasteiger partial charge in [0.1, 0.15) is 36.1 Å². The SMILES string of the molecule is COc1cc2ccc(=O)oc2cc1O[C@H]1O[C@@H](CO[C@H]2O[C@H](C)[C@@H](O)[C@H](O)[C@@H]2O)[C@H](O)[C@@H](OC(C)=O)[C@@H]1O. The predicted octanol–water partition coefficient (Wildman–Crippen LogP) is -1.60. The van der Waals surface area contributed by atoms with Crippen molar-refractivity contribution in [1.29, 1.82) is 0 Å². The van der Waals surface area contributed by atoms with Gasteiger partial charge in [0.25, 0.3) is 0 Å². The summed E-state index contributed by atoms with van der Waals surface area (Å²) < 4.78 is 38.1. The normalized spacial score (nSPS) is 35.6. The maximum absolute atomic E-state index is 11.7. The van der Waals surface area contributed by atoms with Crippen molar-refractivity contribution in [2.45, 2.75) is 75.3 Å². The lowest BCUT2D eigenvalue weighted by Gasteiger charge is -2.43. The summed E-state index contributed by atoms with van der Waals surface area (Å²) in [5.41, 5.74) is -0.440. The van der Waals surface area contributed by atoms with Crippen molar-refractivity contribution in [1.82, 2.24) is 0 Å². The number of aliphatic hydroxyl groups excluding tert-OH is 5. The van der Waals surface area contributed by atoms with Crippen LogP contribution in [0.3, 0.4) is 0 Å². The summed E-state index contributed by atoms with van der Waals surface area (Å²) in [6, 6.07) is 5.64. The molecule has 1 aromatic heterocycles. The van der Waals surface area contributed by atoms with Gasteiger partial charge in [0.15, 0.2) is 30.0 Å². The summed E-state index contributed by atoms with van der Waals surface area (Å²) in [6.07, 6.45) is -14.4. The van der Waals surface area contributed by atoms with E-state index in [2.05, 4.69) is 0 Å². The van der Waals surface area contributed by atoms with Gasteiger partial charge in [0.2, 0.25) is 6.29 Å². The Kier molecular flexibility index (Phi) is 8.54. The number of fused-ring (bicyclic) bond motifs is 1. The van der Waals surface area contributed by atoms with Crippen LogP contribution in [0.2, 0.25) is 0 Å². The molecule has 210 valence electrons. The molecule has 10 atom stereocenters. The molecule has 0 radical (unpaired) electrons. The Morgan fingerprint density at radius 3 is 2.34 bits per heavy atom. The molecule has 5 N–H and O–H groups in total. The Balaban J connectivity index is 1.56. The first-order valence-corrected chi connectivity index (χ1v) is 11.8. The summed E-state index contributed by atoms with van der Waals surface area (Å²) in [5.74, 6) is -0.589. The molecule has 1 aromatic carbocycles. The number of methoxy groups -OCH3 is 1. The standard InChI is InChI=1S/C24H30O14/c1-9-17(27)19(29)20(30)23(34-9)33-8-15-18(28)22(35-10(2)25)21(31)24(38-15)37-14-7-12-11(6-13(14)32-3)4-5-16(26)36-12/h4-7,9,15,17-24,27-31H,8H2,1-3H3/t9-,15+,17-,18+,19+,20+,21+,22-,23+,24+/m1/s1. The smallest absolute Gasteiger partial charge is 0.336 e. The first-order chi connectivity index (χ1) is 18.0. The number of carbonyl (C=O) groups excluding carboxylic acids is 1. The Morgan fingerprint density at radius 2 is 1.66 bits per heavy atom. The van der Waals surface area contributed by atoms with Crippen molar-refractivity contribution in [2.75, 3.05) is 13.7 Å². The van der Waals surface area contributed by atoms with Crippen LogP contribution in [0.1, 0.15) is 13.8 Å². The Bertz CT molecular complexity index is 1180. The summed E-state index contributed by atoms with van der Waals surface area (Å²) in [6.45, 7) is 2.09. The van der Waals surface area contributed by atoms with E-state index >= 15 is 0 Å². The molecular weight excluding hydrogens is 512 g/mol. The van der Waals surface area contributed by atoms with Gasteiger partial charge >= 0.3 is 11.6 Å². The van der Waals surface area contributed by atoms with E-state index in [1.165, 1.54) is 38.3 Å². The van der Waals surface area contributed by atoms with Crippen LogP contribution in [0.25, 0.3) is 11.0 Å². The number of ether oxygens (including phenoxy) is 6. The minimum absolute atomic E-state index is 0.00741. The zero-order valence-electron chi connectivity index (χ0n) is 20.7. The van der Waals surface area contributed by atoms with Gasteiger partial charge in [-0.25, -0.2) is 4.79 Å². The van der Waals surface area contributed by atoms with E-state index < -0.39 is 79.6 Å². The van der Waals surface area contributed by atoms with Gasteiger partial charge in [-0.15, -0.1) is 0 Å². The number of hydrogen-bond acceptors (Lipinski definition) is 14. The third-order valence-electron chi connectivity index (χ3n) is 6.33. The van der Waals surface area contributed by atoms with Crippen molar-refractivity contribution < 1.29 is 63.2 Å². The van der Waals surface area contributed by atoms with Crippen molar-refractivity contribution in [3.05, 3.63) is 34.7 Å². The Morgan fingerprint density at radius 1 is 0.921 bits per heavy atom. The highest BCUT2D eigenvalue weighted by molar-refractivity contribution is 5.80. The van der Waals surface area contributed by atoms with Gasteiger partial charge in [0.05, 0.1) is 19.8 Å². The van der Waals surface area contributed by atoms with Gasteiger partial charge in [0, 0.05) is 24.4 Å². The first kappa shape index (κ1) is 28.2. The van der Waals surface area contributed by atoms with Crippen LogP contribution < -0.4 is 15.1 Å². The maximum Gasteiger partial charge on any atom is 0.336 e. The molecule has 14 heteroatoms. The minimum Gasteiger partial charge on any atom is -0.493 e. The number of aliphatic hydroxyl groups is 5. The van der Waals surface area contributed by atoms with E-state index in [9.17, 15) is 35.1 Å². The van der Waals surface area contributed by atoms with E-state index in [0.29, 0.717) is 5.39 Å². The van der Waals surface area contributed by atoms with Crippen molar-refractivity contribution >= 4 is 16.9 Å². The second-order valence-corrected chi connectivity index (χ2v) is 9.03. The molecule has 0 aliphatic carbocycles. The average molecular weight is 542 g/mol. The van der Waals surface area contributed by atoms with Gasteiger partial charge < -0.3 is 58.4 Å². The van der Waals surface area contributed by atoms with Crippen LogP contribution in [-0.4, -0.2) is 107 Å². The molecule has 3 heterocycles. The first-order valence-electron chi connectivity index (χ1n) is 11.8. The Hall–Kier alpha value is -2.82. The highest BCUT2D eigenvalue weighted by Crippen LogP contribution is 2.35. The molecule has 2 aliphatic rings. The second kappa shape index (κ2) is 11.5. The third kappa shape index (κ3) is 5.77. The highest BCUT2D eigenvalue weighted by Gasteiger charge is 2.49. The fraction of sp³-hybridized carbons (Fsp3) is 0.583. The van der Waals surface area contributed by atoms with Crippen LogP contribution >= 0.6 is 0 Å². The number of benzene rings is 1. The van der Waals surface area contributed by atoms with Crippen LogP contribution in [0.5, 0.6) is 11.5 Å². The molecule has 0 amide bonds. The molecule has 4 rings (SSSR count). The summed E-state index contributed by atoms with van der Waals surface area (Å²) in [4.78, 5) is 23.3. The summed E-state index contributed by atoms with van der Waals surface area (Å²) in [5, 5.41) is 52.2. The molecule has 0 saturated carbocycles. The van der Waals surface area contributed by atoms with E-state index in [0.717, 1.165) is 6.92 Å². The molecule has 0 bridgehead atoms. The monoisotopic (exact) mass is 542 g/mol. The quantitative estimate of drug-likeness (QED) is 0.198. The molecular formula is C24H30O14. The van der Waals surface area contributed by atoms with Gasteiger partial charge in [-0.3, -0.25) is 4.79 Å². The van der Waals surface area contributed by atoms with Crippen LogP contribution in [-0.2, 0) is 23.7 Å². The van der Waals surface area contributed by atoms with Crippen molar-refractivity contribution in [2.24, 2.45) is 0 Å².